The largest absolute Gasteiger partial charge is 0.490 e. The van der Waals surface area contributed by atoms with Crippen molar-refractivity contribution in [2.45, 2.75) is 77.7 Å². The van der Waals surface area contributed by atoms with Crippen molar-refractivity contribution in [3.05, 3.63) is 89.8 Å². The highest BCUT2D eigenvalue weighted by Crippen LogP contribution is 2.36. The van der Waals surface area contributed by atoms with Crippen LogP contribution in [-0.2, 0) is 4.74 Å². The molecule has 0 saturated carbocycles. The first-order valence-electron chi connectivity index (χ1n) is 14.8. The molecule has 1 heterocycles. The Balaban J connectivity index is 1.38. The van der Waals surface area contributed by atoms with Gasteiger partial charge in [-0.15, -0.1) is 0 Å². The van der Waals surface area contributed by atoms with Crippen molar-refractivity contribution in [3.63, 3.8) is 0 Å². The van der Waals surface area contributed by atoms with Crippen LogP contribution < -0.4 is 4.74 Å². The van der Waals surface area contributed by atoms with E-state index >= 15 is 4.39 Å². The number of rotatable bonds is 13. The molecule has 0 N–H and O–H groups in total. The predicted octanol–water partition coefficient (Wildman–Crippen LogP) is 10.6. The number of halogens is 3. The van der Waals surface area contributed by atoms with Crippen LogP contribution in [-0.4, -0.2) is 13.2 Å². The average molecular weight is 551 g/mol. The zero-order chi connectivity index (χ0) is 28.3. The summed E-state index contributed by atoms with van der Waals surface area (Å²) >= 11 is 0. The smallest absolute Gasteiger partial charge is 0.201 e. The van der Waals surface area contributed by atoms with Crippen molar-refractivity contribution >= 4 is 0 Å². The molecule has 0 spiro atoms. The van der Waals surface area contributed by atoms with Crippen molar-refractivity contribution in [2.75, 3.05) is 13.2 Å². The van der Waals surface area contributed by atoms with E-state index < -0.39 is 11.6 Å². The second-order valence-electron chi connectivity index (χ2n) is 10.7. The third-order valence-corrected chi connectivity index (χ3v) is 7.77. The van der Waals surface area contributed by atoms with Gasteiger partial charge in [-0.1, -0.05) is 81.2 Å². The van der Waals surface area contributed by atoms with Crippen LogP contribution >= 0.6 is 0 Å². The summed E-state index contributed by atoms with van der Waals surface area (Å²) in [5.74, 6) is -1.76. The second-order valence-corrected chi connectivity index (χ2v) is 10.7. The fraction of sp³-hybridized carbons (Fsp3) is 0.429. The summed E-state index contributed by atoms with van der Waals surface area (Å²) < 4.78 is 56.3. The Labute approximate surface area is 237 Å². The summed E-state index contributed by atoms with van der Waals surface area (Å²) in [5.41, 5.74) is 2.65. The summed E-state index contributed by atoms with van der Waals surface area (Å²) in [6, 6.07) is 15.1. The maximum Gasteiger partial charge on any atom is 0.201 e. The lowest BCUT2D eigenvalue weighted by Gasteiger charge is -2.29. The summed E-state index contributed by atoms with van der Waals surface area (Å²) in [6.45, 7) is 5.25. The first kappa shape index (κ1) is 29.9. The molecule has 3 aromatic carbocycles. The first-order chi connectivity index (χ1) is 19.5. The Bertz CT molecular complexity index is 1240. The van der Waals surface area contributed by atoms with E-state index in [1.54, 1.807) is 36.4 Å². The minimum Gasteiger partial charge on any atom is -0.490 e. The topological polar surface area (TPSA) is 18.5 Å². The van der Waals surface area contributed by atoms with Gasteiger partial charge in [0.05, 0.1) is 19.3 Å². The van der Waals surface area contributed by atoms with E-state index in [1.807, 2.05) is 13.0 Å². The zero-order valence-corrected chi connectivity index (χ0v) is 23.7. The molecule has 0 aliphatic carbocycles. The molecule has 0 amide bonds. The van der Waals surface area contributed by atoms with E-state index in [9.17, 15) is 8.78 Å². The van der Waals surface area contributed by atoms with Gasteiger partial charge >= 0.3 is 0 Å². The van der Waals surface area contributed by atoms with Gasteiger partial charge in [0.2, 0.25) is 5.82 Å². The zero-order valence-electron chi connectivity index (χ0n) is 23.7. The Morgan fingerprint density at radius 3 is 2.25 bits per heavy atom. The highest BCUT2D eigenvalue weighted by atomic mass is 19.2. The van der Waals surface area contributed by atoms with E-state index in [0.717, 1.165) is 56.9 Å². The Kier molecular flexibility index (Phi) is 11.3. The van der Waals surface area contributed by atoms with Crippen molar-refractivity contribution in [1.82, 2.24) is 0 Å². The number of ether oxygens (including phenoxy) is 2. The molecule has 1 saturated heterocycles. The van der Waals surface area contributed by atoms with Gasteiger partial charge in [-0.2, -0.15) is 4.39 Å². The highest BCUT2D eigenvalue weighted by Gasteiger charge is 2.23. The molecule has 0 aromatic heterocycles. The molecule has 5 heteroatoms. The lowest BCUT2D eigenvalue weighted by Crippen LogP contribution is -2.20. The third-order valence-electron chi connectivity index (χ3n) is 7.77. The Morgan fingerprint density at radius 2 is 1.57 bits per heavy atom. The molecule has 2 unspecified atom stereocenters. The minimum absolute atomic E-state index is 0.0679. The Morgan fingerprint density at radius 1 is 0.850 bits per heavy atom. The van der Waals surface area contributed by atoms with Gasteiger partial charge in [0.1, 0.15) is 5.82 Å². The maximum absolute atomic E-state index is 15.2. The van der Waals surface area contributed by atoms with Gasteiger partial charge in [0.15, 0.2) is 11.6 Å². The first-order valence-corrected chi connectivity index (χ1v) is 14.8. The molecule has 2 atom stereocenters. The summed E-state index contributed by atoms with van der Waals surface area (Å²) in [5, 5.41) is 0. The van der Waals surface area contributed by atoms with Gasteiger partial charge in [0, 0.05) is 11.1 Å². The number of unbranched alkanes of at least 4 members (excludes halogenated alkanes) is 4. The number of allylic oxidation sites excluding steroid dienone is 2. The van der Waals surface area contributed by atoms with Crippen LogP contribution in [0.15, 0.2) is 66.7 Å². The van der Waals surface area contributed by atoms with Gasteiger partial charge in [-0.25, -0.2) is 8.78 Å². The van der Waals surface area contributed by atoms with Crippen LogP contribution in [0.3, 0.4) is 0 Å². The van der Waals surface area contributed by atoms with Crippen LogP contribution in [0.5, 0.6) is 5.75 Å². The van der Waals surface area contributed by atoms with Gasteiger partial charge < -0.3 is 9.47 Å². The van der Waals surface area contributed by atoms with E-state index in [2.05, 4.69) is 19.1 Å². The molecule has 1 fully saturated rings. The molecule has 40 heavy (non-hydrogen) atoms. The van der Waals surface area contributed by atoms with Crippen molar-refractivity contribution in [2.24, 2.45) is 5.92 Å². The molecule has 0 bridgehead atoms. The van der Waals surface area contributed by atoms with Crippen LogP contribution in [0.25, 0.3) is 22.3 Å². The Hall–Kier alpha value is -3.05. The number of benzene rings is 3. The second kappa shape index (κ2) is 15.1. The van der Waals surface area contributed by atoms with Crippen LogP contribution in [0.4, 0.5) is 13.2 Å². The molecule has 1 aliphatic heterocycles. The normalized spacial score (nSPS) is 17.4. The number of hydrogen-bond acceptors (Lipinski definition) is 2. The standard InChI is InChI=1S/C35H41F3O2/c1-3-5-7-8-10-22-39-33-21-19-30(34(37)35(33)38)27-15-13-26(14-16-27)29-18-17-28(23-31(29)36)32-20-12-25(24-40-32)11-9-6-4-2/h4,6,13-19,21,23,25,32H,3,5,7-12,20,22,24H2,1-2H3/b6-4+. The van der Waals surface area contributed by atoms with Gasteiger partial charge in [0.25, 0.3) is 0 Å². The van der Waals surface area contributed by atoms with Crippen LogP contribution in [0.2, 0.25) is 0 Å². The van der Waals surface area contributed by atoms with Crippen LogP contribution in [0.1, 0.15) is 83.3 Å². The molecule has 3 aromatic rings. The molecule has 2 nitrogen and oxygen atoms in total. The van der Waals surface area contributed by atoms with Crippen molar-refractivity contribution in [1.29, 1.82) is 0 Å². The summed E-state index contributed by atoms with van der Waals surface area (Å²) in [7, 11) is 0. The van der Waals surface area contributed by atoms with E-state index in [4.69, 9.17) is 9.47 Å². The van der Waals surface area contributed by atoms with Gasteiger partial charge in [-0.05, 0) is 79.8 Å². The fourth-order valence-corrected chi connectivity index (χ4v) is 5.34. The lowest BCUT2D eigenvalue weighted by molar-refractivity contribution is -0.0191. The lowest BCUT2D eigenvalue weighted by atomic mass is 9.91. The SMILES string of the molecule is C/C=C/CCC1CCC(c2ccc(-c3ccc(-c4ccc(OCCCCCCC)c(F)c4F)cc3)c(F)c2)OC1. The van der Waals surface area contributed by atoms with Crippen LogP contribution in [0, 0.1) is 23.4 Å². The van der Waals surface area contributed by atoms with Crippen molar-refractivity contribution in [3.8, 4) is 28.0 Å². The predicted molar refractivity (Wildman–Crippen MR) is 157 cm³/mol. The molecular weight excluding hydrogens is 509 g/mol. The van der Waals surface area contributed by atoms with E-state index in [0.29, 0.717) is 35.8 Å². The average Bonchev–Trinajstić information content (AvgIpc) is 2.98. The van der Waals surface area contributed by atoms with E-state index in [-0.39, 0.29) is 23.2 Å². The quantitative estimate of drug-likeness (QED) is 0.156. The van der Waals surface area contributed by atoms with Crippen molar-refractivity contribution < 1.29 is 22.6 Å². The summed E-state index contributed by atoms with van der Waals surface area (Å²) in [4.78, 5) is 0. The summed E-state index contributed by atoms with van der Waals surface area (Å²) in [6.07, 6.45) is 13.6. The number of hydrogen-bond donors (Lipinski definition) is 0. The minimum atomic E-state index is -0.981. The molecule has 0 radical (unpaired) electrons. The maximum atomic E-state index is 15.2. The molecule has 214 valence electrons. The molecule has 1 aliphatic rings. The third kappa shape index (κ3) is 7.78. The fourth-order valence-electron chi connectivity index (χ4n) is 5.34. The monoisotopic (exact) mass is 550 g/mol. The molecule has 4 rings (SSSR count). The molecular formula is C35H41F3O2. The van der Waals surface area contributed by atoms with E-state index in [1.165, 1.54) is 18.6 Å². The van der Waals surface area contributed by atoms with Gasteiger partial charge in [-0.3, -0.25) is 0 Å². The highest BCUT2D eigenvalue weighted by molar-refractivity contribution is 5.71.